The summed E-state index contributed by atoms with van der Waals surface area (Å²) in [4.78, 5) is 25.5. The van der Waals surface area contributed by atoms with Crippen molar-refractivity contribution >= 4 is 11.7 Å². The van der Waals surface area contributed by atoms with Crippen LogP contribution in [0.5, 0.6) is 0 Å². The van der Waals surface area contributed by atoms with E-state index in [0.29, 0.717) is 17.6 Å². The van der Waals surface area contributed by atoms with E-state index in [2.05, 4.69) is 38.7 Å². The number of non-ortho nitro benzene ring substituents is 1. The quantitative estimate of drug-likeness (QED) is 0.417. The van der Waals surface area contributed by atoms with Crippen LogP contribution >= 0.6 is 0 Å². The highest BCUT2D eigenvalue weighted by molar-refractivity contribution is 5.89. The summed E-state index contributed by atoms with van der Waals surface area (Å²) in [5, 5.41) is 10.8. The number of nitro benzene ring substituents is 1. The lowest BCUT2D eigenvalue weighted by atomic mass is 10.0. The van der Waals surface area contributed by atoms with Crippen molar-refractivity contribution in [1.82, 2.24) is 4.90 Å². The average Bonchev–Trinajstić information content (AvgIpc) is 2.99. The molecule has 0 saturated carbocycles. The maximum atomic E-state index is 12.8. The van der Waals surface area contributed by atoms with Gasteiger partial charge >= 0.3 is 5.97 Å². The van der Waals surface area contributed by atoms with Gasteiger partial charge in [0.2, 0.25) is 0 Å². The van der Waals surface area contributed by atoms with Gasteiger partial charge in [0.05, 0.1) is 16.5 Å². The molecule has 0 radical (unpaired) electrons. The summed E-state index contributed by atoms with van der Waals surface area (Å²) in [6.07, 6.45) is 0.453. The van der Waals surface area contributed by atoms with Gasteiger partial charge in [-0.3, -0.25) is 15.0 Å². The molecule has 2 aromatic rings. The third kappa shape index (κ3) is 3.92. The predicted molar refractivity (Wildman–Crippen MR) is 107 cm³/mol. The minimum absolute atomic E-state index is 0.0496. The number of hydrogen-bond acceptors (Lipinski definition) is 5. The Bertz CT molecular complexity index is 853. The van der Waals surface area contributed by atoms with E-state index < -0.39 is 10.9 Å². The molecule has 6 heteroatoms. The summed E-state index contributed by atoms with van der Waals surface area (Å²) < 4.78 is 5.97. The number of rotatable bonds is 6. The van der Waals surface area contributed by atoms with Crippen molar-refractivity contribution < 1.29 is 14.5 Å². The number of nitro groups is 1. The number of carbonyl (C=O) groups is 1. The fourth-order valence-electron chi connectivity index (χ4n) is 4.21. The zero-order chi connectivity index (χ0) is 20.4. The van der Waals surface area contributed by atoms with Crippen LogP contribution < -0.4 is 0 Å². The molecule has 0 spiro atoms. The zero-order valence-electron chi connectivity index (χ0n) is 16.7. The van der Waals surface area contributed by atoms with Gasteiger partial charge in [-0.2, -0.15) is 0 Å². The van der Waals surface area contributed by atoms with E-state index in [9.17, 15) is 14.9 Å². The number of ether oxygens (including phenoxy) is 1. The molecule has 28 heavy (non-hydrogen) atoms. The third-order valence-corrected chi connectivity index (χ3v) is 5.26. The first kappa shape index (κ1) is 20.0. The lowest BCUT2D eigenvalue weighted by Crippen LogP contribution is -2.47. The van der Waals surface area contributed by atoms with E-state index >= 15 is 0 Å². The maximum absolute atomic E-state index is 12.8. The Morgan fingerprint density at radius 3 is 2.25 bits per heavy atom. The molecule has 0 fully saturated rings. The zero-order valence-corrected chi connectivity index (χ0v) is 16.7. The molecule has 0 aromatic heterocycles. The average molecular weight is 382 g/mol. The highest BCUT2D eigenvalue weighted by atomic mass is 16.6. The van der Waals surface area contributed by atoms with Crippen molar-refractivity contribution in [3.05, 3.63) is 75.3 Å². The normalized spacial score (nSPS) is 18.5. The second-order valence-corrected chi connectivity index (χ2v) is 7.73. The van der Waals surface area contributed by atoms with Crippen LogP contribution in [0.4, 0.5) is 5.69 Å². The second-order valence-electron chi connectivity index (χ2n) is 7.73. The summed E-state index contributed by atoms with van der Waals surface area (Å²) in [5.74, 6) is -0.464. The lowest BCUT2D eigenvalue weighted by Gasteiger charge is -2.39. The largest absolute Gasteiger partial charge is 0.452 e. The van der Waals surface area contributed by atoms with Crippen molar-refractivity contribution in [1.29, 1.82) is 0 Å². The van der Waals surface area contributed by atoms with Crippen LogP contribution in [0.25, 0.3) is 0 Å². The Morgan fingerprint density at radius 2 is 1.68 bits per heavy atom. The molecule has 0 N–H and O–H groups in total. The van der Waals surface area contributed by atoms with Gasteiger partial charge in [-0.15, -0.1) is 0 Å². The molecule has 0 amide bonds. The van der Waals surface area contributed by atoms with Gasteiger partial charge in [-0.05, 0) is 57.4 Å². The fraction of sp³-hybridized carbons (Fsp3) is 0.409. The minimum atomic E-state index is -0.485. The maximum Gasteiger partial charge on any atom is 0.338 e. The smallest absolute Gasteiger partial charge is 0.338 e. The first-order chi connectivity index (χ1) is 13.3. The Morgan fingerprint density at radius 1 is 1.07 bits per heavy atom. The fourth-order valence-corrected chi connectivity index (χ4v) is 4.21. The molecule has 2 aromatic carbocycles. The van der Waals surface area contributed by atoms with Gasteiger partial charge in [-0.25, -0.2) is 4.79 Å². The molecule has 0 unspecified atom stereocenters. The first-order valence-corrected chi connectivity index (χ1v) is 9.60. The van der Waals surface area contributed by atoms with Gasteiger partial charge in [-0.1, -0.05) is 24.3 Å². The predicted octanol–water partition coefficient (Wildman–Crippen LogP) is 4.54. The molecule has 6 nitrogen and oxygen atoms in total. The standard InChI is InChI=1S/C22H26N2O4/c1-14(2)23(15(3)4)20-13-17-7-5-6-8-19(17)21(20)28-22(25)16-9-11-18(12-10-16)24(26)27/h5-12,14-15,20-21H,13H2,1-4H3/t20-,21+/m1/s1. The van der Waals surface area contributed by atoms with Crippen molar-refractivity contribution in [3.63, 3.8) is 0 Å². The van der Waals surface area contributed by atoms with Crippen LogP contribution in [-0.2, 0) is 11.2 Å². The molecule has 3 rings (SSSR count). The molecule has 148 valence electrons. The molecular formula is C22H26N2O4. The van der Waals surface area contributed by atoms with Crippen LogP contribution in [-0.4, -0.2) is 33.9 Å². The Balaban J connectivity index is 1.89. The summed E-state index contributed by atoms with van der Waals surface area (Å²) in [6, 6.07) is 14.3. The van der Waals surface area contributed by atoms with Gasteiger partial charge in [0.25, 0.3) is 5.69 Å². The molecule has 0 saturated heterocycles. The van der Waals surface area contributed by atoms with E-state index in [1.807, 2.05) is 18.2 Å². The van der Waals surface area contributed by atoms with Crippen LogP contribution in [0.3, 0.4) is 0 Å². The van der Waals surface area contributed by atoms with E-state index in [4.69, 9.17) is 4.74 Å². The Labute approximate surface area is 165 Å². The summed E-state index contributed by atoms with van der Waals surface area (Å²) in [7, 11) is 0. The van der Waals surface area contributed by atoms with E-state index in [-0.39, 0.29) is 17.8 Å². The SMILES string of the molecule is CC(C)N(C(C)C)[C@@H]1Cc2ccccc2[C@@H]1OC(=O)c1ccc([N+](=O)[O-])cc1. The van der Waals surface area contributed by atoms with Gasteiger partial charge < -0.3 is 4.74 Å². The van der Waals surface area contributed by atoms with Gasteiger partial charge in [0.15, 0.2) is 0 Å². The number of hydrogen-bond donors (Lipinski definition) is 0. The first-order valence-electron chi connectivity index (χ1n) is 9.60. The summed E-state index contributed by atoms with van der Waals surface area (Å²) >= 11 is 0. The second kappa shape index (κ2) is 8.10. The number of fused-ring (bicyclic) bond motifs is 1. The van der Waals surface area contributed by atoms with E-state index in [1.165, 1.54) is 29.8 Å². The van der Waals surface area contributed by atoms with E-state index in [0.717, 1.165) is 12.0 Å². The highest BCUT2D eigenvalue weighted by Gasteiger charge is 2.40. The van der Waals surface area contributed by atoms with Gasteiger partial charge in [0.1, 0.15) is 6.10 Å². The molecular weight excluding hydrogens is 356 g/mol. The van der Waals surface area contributed by atoms with Crippen molar-refractivity contribution in [2.45, 2.75) is 58.3 Å². The number of benzene rings is 2. The molecule has 2 atom stereocenters. The number of nitrogens with zero attached hydrogens (tertiary/aromatic N) is 2. The van der Waals surface area contributed by atoms with Gasteiger partial charge in [0, 0.05) is 24.2 Å². The van der Waals surface area contributed by atoms with Crippen LogP contribution in [0.2, 0.25) is 0 Å². The molecule has 1 aliphatic rings. The van der Waals surface area contributed by atoms with Crippen LogP contribution in [0.15, 0.2) is 48.5 Å². The minimum Gasteiger partial charge on any atom is -0.452 e. The molecule has 0 bridgehead atoms. The Hall–Kier alpha value is -2.73. The molecule has 0 heterocycles. The number of carbonyl (C=O) groups excluding carboxylic acids is 1. The topological polar surface area (TPSA) is 72.7 Å². The number of esters is 1. The summed E-state index contributed by atoms with van der Waals surface area (Å²) in [6.45, 7) is 8.60. The van der Waals surface area contributed by atoms with Crippen LogP contribution in [0, 0.1) is 10.1 Å². The highest BCUT2D eigenvalue weighted by Crippen LogP contribution is 2.39. The van der Waals surface area contributed by atoms with E-state index in [1.54, 1.807) is 0 Å². The third-order valence-electron chi connectivity index (χ3n) is 5.26. The summed E-state index contributed by atoms with van der Waals surface area (Å²) in [5.41, 5.74) is 2.50. The lowest BCUT2D eigenvalue weighted by molar-refractivity contribution is -0.384. The van der Waals surface area contributed by atoms with Crippen molar-refractivity contribution in [2.75, 3.05) is 0 Å². The Kier molecular flexibility index (Phi) is 5.79. The monoisotopic (exact) mass is 382 g/mol. The van der Waals surface area contributed by atoms with Crippen molar-refractivity contribution in [3.8, 4) is 0 Å². The van der Waals surface area contributed by atoms with Crippen molar-refractivity contribution in [2.24, 2.45) is 0 Å². The molecule has 1 aliphatic carbocycles. The molecule has 0 aliphatic heterocycles. The van der Waals surface area contributed by atoms with Crippen LogP contribution in [0.1, 0.15) is 55.3 Å².